The van der Waals surface area contributed by atoms with Gasteiger partial charge in [0.2, 0.25) is 5.91 Å². The summed E-state index contributed by atoms with van der Waals surface area (Å²) in [6.07, 6.45) is 3.59. The summed E-state index contributed by atoms with van der Waals surface area (Å²) in [6.45, 7) is 6.96. The van der Waals surface area contributed by atoms with E-state index in [0.717, 1.165) is 49.1 Å². The van der Waals surface area contributed by atoms with Gasteiger partial charge in [-0.2, -0.15) is 0 Å². The molecule has 0 spiro atoms. The third-order valence-electron chi connectivity index (χ3n) is 6.16. The Morgan fingerprint density at radius 2 is 1.94 bits per heavy atom. The molecule has 0 bridgehead atoms. The van der Waals surface area contributed by atoms with E-state index in [-0.39, 0.29) is 11.9 Å². The Balaban J connectivity index is 1.25. The summed E-state index contributed by atoms with van der Waals surface area (Å²) >= 11 is 1.41. The smallest absolute Gasteiger partial charge is 0.230 e. The van der Waals surface area contributed by atoms with Crippen molar-refractivity contribution in [2.75, 3.05) is 26.0 Å². The monoisotopic (exact) mass is 465 g/mol. The highest BCUT2D eigenvalue weighted by Gasteiger charge is 2.22. The molecule has 1 aliphatic rings. The van der Waals surface area contributed by atoms with Crippen LogP contribution in [-0.4, -0.2) is 57.6 Å². The van der Waals surface area contributed by atoms with E-state index in [4.69, 9.17) is 4.74 Å². The van der Waals surface area contributed by atoms with Gasteiger partial charge in [0.05, 0.1) is 12.9 Å². The lowest BCUT2D eigenvalue weighted by atomic mass is 10.0. The lowest BCUT2D eigenvalue weighted by molar-refractivity contribution is -0.119. The Morgan fingerprint density at radius 3 is 2.70 bits per heavy atom. The summed E-state index contributed by atoms with van der Waals surface area (Å²) in [7, 11) is 1.71. The number of piperidine rings is 1. The Kier molecular flexibility index (Phi) is 7.67. The second-order valence-electron chi connectivity index (χ2n) is 8.47. The van der Waals surface area contributed by atoms with Gasteiger partial charge in [0, 0.05) is 36.9 Å². The zero-order valence-electron chi connectivity index (χ0n) is 19.5. The number of thioether (sulfide) groups is 1. The lowest BCUT2D eigenvalue weighted by Gasteiger charge is -2.32. The Labute approximate surface area is 199 Å². The number of aryl methyl sites for hydroxylation is 2. The third kappa shape index (κ3) is 5.94. The number of ether oxygens (including phenoxy) is 1. The van der Waals surface area contributed by atoms with Crippen LogP contribution in [0.1, 0.15) is 29.5 Å². The van der Waals surface area contributed by atoms with E-state index in [2.05, 4.69) is 58.5 Å². The van der Waals surface area contributed by atoms with E-state index < -0.39 is 0 Å². The normalized spacial score (nSPS) is 14.9. The summed E-state index contributed by atoms with van der Waals surface area (Å²) in [5, 5.41) is 12.2. The van der Waals surface area contributed by atoms with Gasteiger partial charge < -0.3 is 10.1 Å². The molecule has 2 heterocycles. The number of hydrogen-bond donors (Lipinski definition) is 1. The average molecular weight is 466 g/mol. The number of likely N-dealkylation sites (tertiary alicyclic amines) is 1. The summed E-state index contributed by atoms with van der Waals surface area (Å²) in [5.41, 5.74) is 4.67. The van der Waals surface area contributed by atoms with Crippen molar-refractivity contribution in [3.63, 3.8) is 0 Å². The zero-order valence-corrected chi connectivity index (χ0v) is 20.3. The molecule has 0 radical (unpaired) electrons. The fraction of sp³-hybridized carbons (Fsp3) is 0.400. The molecule has 8 heteroatoms. The first-order chi connectivity index (χ1) is 16.0. The molecule has 3 aromatic rings. The average Bonchev–Trinajstić information content (AvgIpc) is 3.30. The van der Waals surface area contributed by atoms with E-state index in [1.807, 2.05) is 22.8 Å². The molecule has 174 valence electrons. The van der Waals surface area contributed by atoms with Crippen LogP contribution in [0, 0.1) is 13.8 Å². The molecule has 1 fully saturated rings. The van der Waals surface area contributed by atoms with E-state index in [9.17, 15) is 4.79 Å². The number of hydrogen-bond acceptors (Lipinski definition) is 6. The van der Waals surface area contributed by atoms with Gasteiger partial charge in [-0.15, -0.1) is 10.2 Å². The van der Waals surface area contributed by atoms with E-state index in [0.29, 0.717) is 5.75 Å². The highest BCUT2D eigenvalue weighted by atomic mass is 32.2. The summed E-state index contributed by atoms with van der Waals surface area (Å²) in [6, 6.07) is 14.6. The number of para-hydroxylation sites is 1. The molecule has 1 aromatic heterocycles. The quantitative estimate of drug-likeness (QED) is 0.511. The van der Waals surface area contributed by atoms with Crippen LogP contribution in [0.4, 0.5) is 0 Å². The predicted octanol–water partition coefficient (Wildman–Crippen LogP) is 3.77. The molecule has 7 nitrogen and oxygen atoms in total. The minimum absolute atomic E-state index is 0.0396. The minimum atomic E-state index is 0.0396. The minimum Gasteiger partial charge on any atom is -0.496 e. The maximum atomic E-state index is 12.6. The van der Waals surface area contributed by atoms with Crippen LogP contribution in [0.25, 0.3) is 5.69 Å². The van der Waals surface area contributed by atoms with Crippen LogP contribution in [-0.2, 0) is 11.3 Å². The molecule has 0 saturated carbocycles. The van der Waals surface area contributed by atoms with Crippen molar-refractivity contribution in [1.82, 2.24) is 25.0 Å². The Hall–Kier alpha value is -2.84. The van der Waals surface area contributed by atoms with Crippen molar-refractivity contribution in [2.24, 2.45) is 0 Å². The first-order valence-corrected chi connectivity index (χ1v) is 12.3. The van der Waals surface area contributed by atoms with Crippen LogP contribution >= 0.6 is 11.8 Å². The summed E-state index contributed by atoms with van der Waals surface area (Å²) < 4.78 is 7.40. The largest absolute Gasteiger partial charge is 0.496 e. The number of methoxy groups -OCH3 is 1. The summed E-state index contributed by atoms with van der Waals surface area (Å²) in [5.74, 6) is 1.29. The maximum Gasteiger partial charge on any atom is 0.230 e. The highest BCUT2D eigenvalue weighted by molar-refractivity contribution is 7.99. The summed E-state index contributed by atoms with van der Waals surface area (Å²) in [4.78, 5) is 15.0. The van der Waals surface area contributed by atoms with Crippen molar-refractivity contribution >= 4 is 17.7 Å². The van der Waals surface area contributed by atoms with Gasteiger partial charge >= 0.3 is 0 Å². The van der Waals surface area contributed by atoms with Crippen LogP contribution in [0.15, 0.2) is 53.9 Å². The number of aromatic nitrogens is 3. The Morgan fingerprint density at radius 1 is 1.15 bits per heavy atom. The molecule has 0 aliphatic carbocycles. The molecular weight excluding hydrogens is 434 g/mol. The van der Waals surface area contributed by atoms with Crippen molar-refractivity contribution in [3.05, 3.63) is 65.5 Å². The molecule has 1 N–H and O–H groups in total. The van der Waals surface area contributed by atoms with Crippen molar-refractivity contribution in [3.8, 4) is 11.4 Å². The number of benzene rings is 2. The third-order valence-corrected chi connectivity index (χ3v) is 7.10. The molecule has 1 aliphatic heterocycles. The first kappa shape index (κ1) is 23.3. The number of rotatable bonds is 8. The molecule has 1 amide bonds. The second-order valence-corrected chi connectivity index (χ2v) is 9.41. The van der Waals surface area contributed by atoms with Crippen LogP contribution in [0.2, 0.25) is 0 Å². The van der Waals surface area contributed by atoms with E-state index >= 15 is 0 Å². The number of carbonyl (C=O) groups is 1. The van der Waals surface area contributed by atoms with Gasteiger partial charge in [0.1, 0.15) is 12.1 Å². The van der Waals surface area contributed by atoms with Crippen molar-refractivity contribution in [2.45, 2.75) is 44.4 Å². The predicted molar refractivity (Wildman–Crippen MR) is 131 cm³/mol. The number of nitrogens with one attached hydrogen (secondary N) is 1. The zero-order chi connectivity index (χ0) is 23.2. The number of nitrogens with zero attached hydrogens (tertiary/aromatic N) is 4. The second kappa shape index (κ2) is 10.9. The molecule has 0 atom stereocenters. The topological polar surface area (TPSA) is 72.3 Å². The maximum absolute atomic E-state index is 12.6. The van der Waals surface area contributed by atoms with Crippen LogP contribution in [0.3, 0.4) is 0 Å². The van der Waals surface area contributed by atoms with E-state index in [1.165, 1.54) is 28.5 Å². The van der Waals surface area contributed by atoms with Crippen molar-refractivity contribution < 1.29 is 9.53 Å². The molecule has 33 heavy (non-hydrogen) atoms. The molecule has 0 unspecified atom stereocenters. The molecular formula is C25H31N5O2S. The van der Waals surface area contributed by atoms with Gasteiger partial charge in [-0.25, -0.2) is 0 Å². The standard InChI is InChI=1S/C25H31N5O2S/c1-18-8-9-22(14-19(18)2)30-17-26-28-25(30)33-16-24(31)27-21-10-12-29(13-11-21)15-20-6-4-5-7-23(20)32-3/h4-9,14,17,21H,10-13,15-16H2,1-3H3,(H,27,31). The van der Waals surface area contributed by atoms with Gasteiger partial charge in [0.15, 0.2) is 5.16 Å². The van der Waals surface area contributed by atoms with Crippen LogP contribution in [0.5, 0.6) is 5.75 Å². The fourth-order valence-electron chi connectivity index (χ4n) is 4.08. The lowest BCUT2D eigenvalue weighted by Crippen LogP contribution is -2.44. The fourth-order valence-corrected chi connectivity index (χ4v) is 4.82. The SMILES string of the molecule is COc1ccccc1CN1CCC(NC(=O)CSc2nncn2-c2ccc(C)c(C)c2)CC1. The van der Waals surface area contributed by atoms with E-state index in [1.54, 1.807) is 13.4 Å². The first-order valence-electron chi connectivity index (χ1n) is 11.3. The van der Waals surface area contributed by atoms with Crippen LogP contribution < -0.4 is 10.1 Å². The number of amides is 1. The van der Waals surface area contributed by atoms with Crippen molar-refractivity contribution in [1.29, 1.82) is 0 Å². The van der Waals surface area contributed by atoms with Gasteiger partial charge in [-0.05, 0) is 56.0 Å². The van der Waals surface area contributed by atoms with Gasteiger partial charge in [0.25, 0.3) is 0 Å². The molecule has 1 saturated heterocycles. The highest BCUT2D eigenvalue weighted by Crippen LogP contribution is 2.23. The Bertz CT molecular complexity index is 1090. The number of carbonyl (C=O) groups excluding carboxylic acids is 1. The molecule has 2 aromatic carbocycles. The van der Waals surface area contributed by atoms with Gasteiger partial charge in [-0.3, -0.25) is 14.3 Å². The molecule has 4 rings (SSSR count). The van der Waals surface area contributed by atoms with Gasteiger partial charge in [-0.1, -0.05) is 36.0 Å².